The number of rotatable bonds is 5. The molecule has 0 saturated carbocycles. The Balaban J connectivity index is 1.01. The quantitative estimate of drug-likeness (QED) is 0.163. The molecule has 0 saturated heterocycles. The van der Waals surface area contributed by atoms with Gasteiger partial charge >= 0.3 is 0 Å². The van der Waals surface area contributed by atoms with Crippen molar-refractivity contribution in [2.75, 3.05) is 4.90 Å². The van der Waals surface area contributed by atoms with E-state index in [1.54, 1.807) is 0 Å². The lowest BCUT2D eigenvalue weighted by molar-refractivity contribution is 0.669. The number of pyridine rings is 1. The number of anilines is 3. The number of para-hydroxylation sites is 4. The molecule has 0 fully saturated rings. The van der Waals surface area contributed by atoms with E-state index in [1.807, 2.05) is 23.5 Å². The van der Waals surface area contributed by atoms with Gasteiger partial charge in [0.2, 0.25) is 0 Å². The SMILES string of the molecule is c1ccc(-n2c3ccccc3c3cc(N(c4ccc(-c5nc6ccccc6c6c5ccc5c7ccccc7sc56)cc4)c4ccc5c(c4)oc4ccccc45)ccc32)cc1. The first kappa shape index (κ1) is 33.3. The van der Waals surface area contributed by atoms with Crippen LogP contribution in [0.3, 0.4) is 0 Å². The first-order valence-corrected chi connectivity index (χ1v) is 21.1. The van der Waals surface area contributed by atoms with Gasteiger partial charge in [0.15, 0.2) is 0 Å². The second-order valence-corrected chi connectivity index (χ2v) is 16.5. The molecular formula is C55H33N3OS. The third kappa shape index (κ3) is 4.93. The summed E-state index contributed by atoms with van der Waals surface area (Å²) in [6.45, 7) is 0. The van der Waals surface area contributed by atoms with E-state index in [9.17, 15) is 0 Å². The fourth-order valence-electron chi connectivity index (χ4n) is 9.46. The summed E-state index contributed by atoms with van der Waals surface area (Å²) in [5, 5.41) is 10.8. The first-order chi connectivity index (χ1) is 29.7. The number of nitrogens with zero attached hydrogens (tertiary/aromatic N) is 3. The lowest BCUT2D eigenvalue weighted by Crippen LogP contribution is -2.10. The molecular weight excluding hydrogens is 751 g/mol. The summed E-state index contributed by atoms with van der Waals surface area (Å²) in [6, 6.07) is 71.8. The zero-order valence-electron chi connectivity index (χ0n) is 32.2. The summed E-state index contributed by atoms with van der Waals surface area (Å²) in [6.07, 6.45) is 0. The summed E-state index contributed by atoms with van der Waals surface area (Å²) in [5.41, 5.74) is 11.4. The number of benzene rings is 9. The Labute approximate surface area is 348 Å². The minimum absolute atomic E-state index is 0.858. The molecule has 0 amide bonds. The van der Waals surface area contributed by atoms with Gasteiger partial charge < -0.3 is 13.9 Å². The third-order valence-corrected chi connectivity index (χ3v) is 13.4. The van der Waals surface area contributed by atoms with Crippen LogP contribution >= 0.6 is 11.3 Å². The maximum Gasteiger partial charge on any atom is 0.137 e. The van der Waals surface area contributed by atoms with E-state index in [-0.39, 0.29) is 0 Å². The van der Waals surface area contributed by atoms with Crippen molar-refractivity contribution in [1.29, 1.82) is 0 Å². The summed E-state index contributed by atoms with van der Waals surface area (Å²) < 4.78 is 11.4. The maximum atomic E-state index is 6.46. The smallest absolute Gasteiger partial charge is 0.137 e. The van der Waals surface area contributed by atoms with Crippen molar-refractivity contribution < 1.29 is 4.42 Å². The Hall–Kier alpha value is -7.73. The van der Waals surface area contributed by atoms with Gasteiger partial charge in [-0.1, -0.05) is 115 Å². The normalized spacial score (nSPS) is 12.0. The van der Waals surface area contributed by atoms with Crippen molar-refractivity contribution in [3.8, 4) is 16.9 Å². The van der Waals surface area contributed by atoms with E-state index in [0.29, 0.717) is 0 Å². The van der Waals surface area contributed by atoms with Crippen LogP contribution in [0.2, 0.25) is 0 Å². The zero-order chi connectivity index (χ0) is 39.3. The number of hydrogen-bond donors (Lipinski definition) is 0. The van der Waals surface area contributed by atoms with Crippen LogP contribution in [-0.4, -0.2) is 9.55 Å². The summed E-state index contributed by atoms with van der Waals surface area (Å²) in [5.74, 6) is 0. The fourth-order valence-corrected chi connectivity index (χ4v) is 10.7. The topological polar surface area (TPSA) is 34.2 Å². The number of fused-ring (bicyclic) bond motifs is 13. The number of aromatic nitrogens is 2. The average Bonchev–Trinajstić information content (AvgIpc) is 3.98. The second-order valence-electron chi connectivity index (χ2n) is 15.5. The number of hydrogen-bond acceptors (Lipinski definition) is 4. The molecule has 0 aliphatic heterocycles. The van der Waals surface area contributed by atoms with Gasteiger partial charge in [-0.05, 0) is 78.9 Å². The Bertz CT molecular complexity index is 3840. The van der Waals surface area contributed by atoms with Crippen LogP contribution in [0.15, 0.2) is 205 Å². The minimum atomic E-state index is 0.858. The average molecular weight is 784 g/mol. The van der Waals surface area contributed by atoms with Gasteiger partial charge in [0, 0.05) is 92.3 Å². The maximum absolute atomic E-state index is 6.46. The second kappa shape index (κ2) is 12.9. The molecule has 0 radical (unpaired) electrons. The fraction of sp³-hybridized carbons (Fsp3) is 0. The summed E-state index contributed by atoms with van der Waals surface area (Å²) in [4.78, 5) is 7.69. The highest BCUT2D eigenvalue weighted by Gasteiger charge is 2.21. The molecule has 280 valence electrons. The molecule has 0 bridgehead atoms. The van der Waals surface area contributed by atoms with E-state index in [4.69, 9.17) is 9.40 Å². The zero-order valence-corrected chi connectivity index (χ0v) is 33.0. The van der Waals surface area contributed by atoms with Crippen molar-refractivity contribution in [3.05, 3.63) is 200 Å². The molecule has 4 heterocycles. The highest BCUT2D eigenvalue weighted by atomic mass is 32.1. The van der Waals surface area contributed by atoms with E-state index >= 15 is 0 Å². The Kier molecular flexibility index (Phi) is 7.14. The predicted molar refractivity (Wildman–Crippen MR) is 254 cm³/mol. The molecule has 9 aromatic carbocycles. The molecule has 13 rings (SSSR count). The number of furan rings is 1. The van der Waals surface area contributed by atoms with Gasteiger partial charge in [0.1, 0.15) is 11.2 Å². The van der Waals surface area contributed by atoms with Gasteiger partial charge in [0.05, 0.1) is 22.2 Å². The van der Waals surface area contributed by atoms with Crippen molar-refractivity contribution in [3.63, 3.8) is 0 Å². The van der Waals surface area contributed by atoms with E-state index < -0.39 is 0 Å². The molecule has 0 aliphatic rings. The molecule has 5 heteroatoms. The van der Waals surface area contributed by atoms with Crippen LogP contribution in [-0.2, 0) is 0 Å². The highest BCUT2D eigenvalue weighted by molar-refractivity contribution is 7.26. The molecule has 4 nitrogen and oxygen atoms in total. The molecule has 0 atom stereocenters. The first-order valence-electron chi connectivity index (χ1n) is 20.3. The molecule has 0 aliphatic carbocycles. The standard InChI is InChI=1S/C55H33N3OS/c1-2-12-35(13-3-1)58-48-19-9-5-14-39(48)46-32-37(27-31-49(46)58)57(38-26-28-41-40-15-6-10-20-50(40)59-51(41)33-38)36-24-22-34(23-25-36)54-45-30-29-43-42-16-7-11-21-52(42)60-55(43)53(45)44-17-4-8-18-47(44)56-54/h1-33H. The van der Waals surface area contributed by atoms with Crippen LogP contribution in [0.4, 0.5) is 17.1 Å². The van der Waals surface area contributed by atoms with Gasteiger partial charge in [-0.15, -0.1) is 11.3 Å². The van der Waals surface area contributed by atoms with Crippen LogP contribution in [0.5, 0.6) is 0 Å². The van der Waals surface area contributed by atoms with Gasteiger partial charge in [-0.3, -0.25) is 0 Å². The Morgan fingerprint density at radius 2 is 1.07 bits per heavy atom. The Morgan fingerprint density at radius 3 is 1.95 bits per heavy atom. The van der Waals surface area contributed by atoms with E-state index in [0.717, 1.165) is 72.4 Å². The third-order valence-electron chi connectivity index (χ3n) is 12.2. The van der Waals surface area contributed by atoms with Gasteiger partial charge in [-0.2, -0.15) is 0 Å². The minimum Gasteiger partial charge on any atom is -0.456 e. The lowest BCUT2D eigenvalue weighted by atomic mass is 9.98. The van der Waals surface area contributed by atoms with Crippen molar-refractivity contribution in [2.24, 2.45) is 0 Å². The molecule has 4 aromatic heterocycles. The van der Waals surface area contributed by atoms with Gasteiger partial charge in [0.25, 0.3) is 0 Å². The molecule has 60 heavy (non-hydrogen) atoms. The molecule has 0 N–H and O–H groups in total. The predicted octanol–water partition coefficient (Wildman–Crippen LogP) is 15.9. The highest BCUT2D eigenvalue weighted by Crippen LogP contribution is 2.45. The van der Waals surface area contributed by atoms with Crippen LogP contribution in [0, 0.1) is 0 Å². The van der Waals surface area contributed by atoms with Gasteiger partial charge in [-0.25, -0.2) is 4.98 Å². The van der Waals surface area contributed by atoms with E-state index in [2.05, 4.69) is 198 Å². The van der Waals surface area contributed by atoms with Crippen LogP contribution in [0.25, 0.3) is 103 Å². The van der Waals surface area contributed by atoms with Crippen molar-refractivity contribution in [2.45, 2.75) is 0 Å². The molecule has 0 spiro atoms. The van der Waals surface area contributed by atoms with Crippen LogP contribution < -0.4 is 4.90 Å². The molecule has 13 aromatic rings. The Morgan fingerprint density at radius 1 is 0.433 bits per heavy atom. The summed E-state index contributed by atoms with van der Waals surface area (Å²) in [7, 11) is 0. The largest absolute Gasteiger partial charge is 0.456 e. The molecule has 0 unspecified atom stereocenters. The van der Waals surface area contributed by atoms with E-state index in [1.165, 1.54) is 47.2 Å². The van der Waals surface area contributed by atoms with Crippen molar-refractivity contribution in [1.82, 2.24) is 9.55 Å². The van der Waals surface area contributed by atoms with Crippen molar-refractivity contribution >= 4 is 114 Å². The lowest BCUT2D eigenvalue weighted by Gasteiger charge is -2.26. The summed E-state index contributed by atoms with van der Waals surface area (Å²) >= 11 is 1.87. The number of thiophene rings is 1. The van der Waals surface area contributed by atoms with Crippen LogP contribution in [0.1, 0.15) is 0 Å². The monoisotopic (exact) mass is 783 g/mol.